The Morgan fingerprint density at radius 3 is 2.36 bits per heavy atom. The molecule has 0 bridgehead atoms. The summed E-state index contributed by atoms with van der Waals surface area (Å²) in [6, 6.07) is 0. The molecule has 5 aliphatic carbocycles. The van der Waals surface area contributed by atoms with Crippen LogP contribution in [0, 0.1) is 46.3 Å². The molecule has 28 heavy (non-hydrogen) atoms. The molecule has 5 rings (SSSR count). The molecule has 5 aliphatic rings. The van der Waals surface area contributed by atoms with Gasteiger partial charge in [0.2, 0.25) is 0 Å². The first-order valence-corrected chi connectivity index (χ1v) is 12.2. The van der Waals surface area contributed by atoms with E-state index in [9.17, 15) is 10.2 Å². The van der Waals surface area contributed by atoms with E-state index < -0.39 is 5.60 Å². The van der Waals surface area contributed by atoms with Gasteiger partial charge in [0.1, 0.15) is 0 Å². The summed E-state index contributed by atoms with van der Waals surface area (Å²) in [5, 5.41) is 21.6. The van der Waals surface area contributed by atoms with Gasteiger partial charge in [0, 0.05) is 7.11 Å². The second-order valence-electron chi connectivity index (χ2n) is 11.9. The van der Waals surface area contributed by atoms with Crippen LogP contribution in [0.3, 0.4) is 0 Å². The first kappa shape index (κ1) is 19.8. The lowest BCUT2D eigenvalue weighted by atomic mass is 9.42. The minimum absolute atomic E-state index is 0.154. The quantitative estimate of drug-likeness (QED) is 0.725. The molecular weight excluding hydrogens is 348 g/mol. The minimum Gasteiger partial charge on any atom is -0.393 e. The lowest BCUT2D eigenvalue weighted by Gasteiger charge is -2.63. The van der Waals surface area contributed by atoms with Crippen molar-refractivity contribution in [1.29, 1.82) is 0 Å². The monoisotopic (exact) mass is 390 g/mol. The molecule has 5 saturated carbocycles. The van der Waals surface area contributed by atoms with E-state index in [4.69, 9.17) is 4.74 Å². The second kappa shape index (κ2) is 6.69. The van der Waals surface area contributed by atoms with Gasteiger partial charge in [-0.3, -0.25) is 0 Å². The van der Waals surface area contributed by atoms with Crippen LogP contribution in [-0.4, -0.2) is 35.6 Å². The SMILES string of the molecule is COC[C@@]1(O)CC[C@@]2(C3CC3)[C@H](CC[C@H]3[C@@H]4CC[C@H]([C@H](C)O)[C@@]4(C)CC[C@@H]32)C1. The van der Waals surface area contributed by atoms with Crippen LogP contribution in [0.4, 0.5) is 0 Å². The van der Waals surface area contributed by atoms with Gasteiger partial charge in [-0.05, 0) is 124 Å². The molecule has 0 heterocycles. The first-order valence-electron chi connectivity index (χ1n) is 12.2. The maximum Gasteiger partial charge on any atom is 0.0883 e. The van der Waals surface area contributed by atoms with Gasteiger partial charge in [0.15, 0.2) is 0 Å². The third kappa shape index (κ3) is 2.71. The van der Waals surface area contributed by atoms with Gasteiger partial charge in [0.05, 0.1) is 18.3 Å². The van der Waals surface area contributed by atoms with Crippen molar-refractivity contribution in [1.82, 2.24) is 0 Å². The fourth-order valence-electron chi connectivity index (χ4n) is 9.71. The summed E-state index contributed by atoms with van der Waals surface area (Å²) in [7, 11) is 1.73. The highest BCUT2D eigenvalue weighted by Crippen LogP contribution is 2.72. The standard InChI is InChI=1S/C25H42O3/c1-16(26)20-8-9-21-19-7-6-18-14-24(27,15-28-3)12-13-25(18,17-4-5-17)22(19)10-11-23(20,21)2/h16-22,26-27H,4-15H2,1-3H3/t16-,18+,19-,20+,21-,22-,23+,24+,25+/m0/s1. The van der Waals surface area contributed by atoms with Crippen LogP contribution in [0.15, 0.2) is 0 Å². The molecule has 0 saturated heterocycles. The molecule has 0 amide bonds. The number of aliphatic hydroxyl groups excluding tert-OH is 1. The van der Waals surface area contributed by atoms with Crippen molar-refractivity contribution in [2.45, 2.75) is 96.2 Å². The zero-order valence-electron chi connectivity index (χ0n) is 18.3. The molecular formula is C25H42O3. The fraction of sp³-hybridized carbons (Fsp3) is 1.00. The summed E-state index contributed by atoms with van der Waals surface area (Å²) in [6.07, 6.45) is 13.8. The average molecular weight is 391 g/mol. The largest absolute Gasteiger partial charge is 0.393 e. The molecule has 0 aliphatic heterocycles. The fourth-order valence-corrected chi connectivity index (χ4v) is 9.71. The molecule has 0 spiro atoms. The smallest absolute Gasteiger partial charge is 0.0883 e. The highest BCUT2D eigenvalue weighted by Gasteiger charge is 2.66. The summed E-state index contributed by atoms with van der Waals surface area (Å²) >= 11 is 0. The number of hydrogen-bond acceptors (Lipinski definition) is 3. The van der Waals surface area contributed by atoms with Crippen LogP contribution in [0.5, 0.6) is 0 Å². The van der Waals surface area contributed by atoms with Crippen molar-refractivity contribution in [3.05, 3.63) is 0 Å². The predicted molar refractivity (Wildman–Crippen MR) is 111 cm³/mol. The summed E-state index contributed by atoms with van der Waals surface area (Å²) in [5.41, 5.74) is 0.282. The second-order valence-corrected chi connectivity index (χ2v) is 11.9. The molecule has 2 N–H and O–H groups in total. The van der Waals surface area contributed by atoms with Crippen LogP contribution in [0.25, 0.3) is 0 Å². The van der Waals surface area contributed by atoms with E-state index in [0.29, 0.717) is 29.3 Å². The Bertz CT molecular complexity index is 601. The van der Waals surface area contributed by atoms with Crippen LogP contribution < -0.4 is 0 Å². The highest BCUT2D eigenvalue weighted by atomic mass is 16.5. The van der Waals surface area contributed by atoms with Gasteiger partial charge in [-0.1, -0.05) is 6.92 Å². The lowest BCUT2D eigenvalue weighted by molar-refractivity contribution is -0.180. The van der Waals surface area contributed by atoms with E-state index in [-0.39, 0.29) is 6.10 Å². The van der Waals surface area contributed by atoms with Crippen molar-refractivity contribution in [2.75, 3.05) is 13.7 Å². The van der Waals surface area contributed by atoms with E-state index in [1.54, 1.807) is 7.11 Å². The van der Waals surface area contributed by atoms with Crippen molar-refractivity contribution < 1.29 is 14.9 Å². The molecule has 0 unspecified atom stereocenters. The van der Waals surface area contributed by atoms with E-state index in [1.165, 1.54) is 57.8 Å². The zero-order chi connectivity index (χ0) is 19.7. The number of methoxy groups -OCH3 is 1. The van der Waals surface area contributed by atoms with Gasteiger partial charge in [-0.25, -0.2) is 0 Å². The number of fused-ring (bicyclic) bond motifs is 5. The average Bonchev–Trinajstić information content (AvgIpc) is 3.43. The summed E-state index contributed by atoms with van der Waals surface area (Å²) < 4.78 is 5.41. The van der Waals surface area contributed by atoms with E-state index in [0.717, 1.165) is 36.5 Å². The summed E-state index contributed by atoms with van der Waals surface area (Å²) in [6.45, 7) is 5.06. The van der Waals surface area contributed by atoms with Crippen LogP contribution in [0.2, 0.25) is 0 Å². The summed E-state index contributed by atoms with van der Waals surface area (Å²) in [5.74, 6) is 4.70. The molecule has 0 radical (unpaired) electrons. The molecule has 9 atom stereocenters. The number of aliphatic hydroxyl groups is 2. The Balaban J connectivity index is 1.44. The van der Waals surface area contributed by atoms with Gasteiger partial charge in [-0.2, -0.15) is 0 Å². The molecule has 0 aromatic rings. The lowest BCUT2D eigenvalue weighted by Crippen LogP contribution is -2.58. The van der Waals surface area contributed by atoms with Crippen LogP contribution >= 0.6 is 0 Å². The number of hydrogen-bond donors (Lipinski definition) is 2. The van der Waals surface area contributed by atoms with Crippen LogP contribution in [-0.2, 0) is 4.74 Å². The summed E-state index contributed by atoms with van der Waals surface area (Å²) in [4.78, 5) is 0. The predicted octanol–water partition coefficient (Wildman–Crippen LogP) is 4.79. The maximum absolute atomic E-state index is 11.2. The van der Waals surface area contributed by atoms with E-state index in [1.807, 2.05) is 6.92 Å². The molecule has 160 valence electrons. The van der Waals surface area contributed by atoms with Gasteiger partial charge in [0.25, 0.3) is 0 Å². The number of rotatable bonds is 4. The van der Waals surface area contributed by atoms with Gasteiger partial charge < -0.3 is 14.9 Å². The van der Waals surface area contributed by atoms with Crippen molar-refractivity contribution in [2.24, 2.45) is 46.3 Å². The molecule has 3 heteroatoms. The normalized spacial score (nSPS) is 54.5. The van der Waals surface area contributed by atoms with Crippen molar-refractivity contribution in [3.63, 3.8) is 0 Å². The van der Waals surface area contributed by atoms with Gasteiger partial charge in [-0.15, -0.1) is 0 Å². The first-order chi connectivity index (χ1) is 13.3. The topological polar surface area (TPSA) is 49.7 Å². The Hall–Kier alpha value is -0.120. The van der Waals surface area contributed by atoms with Gasteiger partial charge >= 0.3 is 0 Å². The maximum atomic E-state index is 11.2. The Morgan fingerprint density at radius 1 is 0.929 bits per heavy atom. The van der Waals surface area contributed by atoms with E-state index >= 15 is 0 Å². The molecule has 5 fully saturated rings. The van der Waals surface area contributed by atoms with Crippen molar-refractivity contribution in [3.8, 4) is 0 Å². The minimum atomic E-state index is -0.585. The third-order valence-electron chi connectivity index (χ3n) is 10.8. The highest BCUT2D eigenvalue weighted by molar-refractivity contribution is 5.15. The van der Waals surface area contributed by atoms with Crippen molar-refractivity contribution >= 4 is 0 Å². The zero-order valence-corrected chi connectivity index (χ0v) is 18.3. The van der Waals surface area contributed by atoms with E-state index in [2.05, 4.69) is 6.92 Å². The third-order valence-corrected chi connectivity index (χ3v) is 10.8. The Kier molecular flexibility index (Phi) is 4.73. The Labute approximate surface area is 171 Å². The number of ether oxygens (including phenoxy) is 1. The Morgan fingerprint density at radius 2 is 1.68 bits per heavy atom. The molecule has 0 aromatic heterocycles. The molecule has 3 nitrogen and oxygen atoms in total. The van der Waals surface area contributed by atoms with Crippen LogP contribution in [0.1, 0.15) is 84.5 Å². The molecule has 0 aromatic carbocycles.